The standard InChI is InChI=1S/C28H28FN3O5/c1-3-28(36)20-6-23-24-18(11-32(23)26(34)19(20)12-37-27(28)35)17(10-31-8-14-5-15(9-31)25(14)33)16-4-13(2)21(29)7-22(16)30-24/h4,6-7,14-15,25,33,36H,3,5,8-12H2,1-2H3/t14?,15?,25?,28-/m0/s1. The van der Waals surface area contributed by atoms with Crippen LogP contribution < -0.4 is 5.56 Å². The van der Waals surface area contributed by atoms with Crippen molar-refractivity contribution in [2.75, 3.05) is 13.1 Å². The Hall–Kier alpha value is -3.14. The number of cyclic esters (lactones) is 1. The molecule has 2 saturated heterocycles. The van der Waals surface area contributed by atoms with E-state index in [2.05, 4.69) is 4.90 Å². The van der Waals surface area contributed by atoms with Crippen LogP contribution in [0.4, 0.5) is 4.39 Å². The third kappa shape index (κ3) is 3.08. The largest absolute Gasteiger partial charge is 0.458 e. The predicted octanol–water partition coefficient (Wildman–Crippen LogP) is 2.34. The van der Waals surface area contributed by atoms with Crippen molar-refractivity contribution >= 4 is 16.9 Å². The highest BCUT2D eigenvalue weighted by molar-refractivity contribution is 5.89. The molecule has 2 aromatic heterocycles. The summed E-state index contributed by atoms with van der Waals surface area (Å²) in [6.07, 6.45) is 0.882. The van der Waals surface area contributed by atoms with Gasteiger partial charge < -0.3 is 19.5 Å². The number of esters is 1. The summed E-state index contributed by atoms with van der Waals surface area (Å²) in [5, 5.41) is 22.3. The maximum atomic E-state index is 14.6. The molecule has 1 aliphatic carbocycles. The van der Waals surface area contributed by atoms with Gasteiger partial charge in [-0.2, -0.15) is 0 Å². The summed E-state index contributed by atoms with van der Waals surface area (Å²) >= 11 is 0. The summed E-state index contributed by atoms with van der Waals surface area (Å²) in [4.78, 5) is 33.2. The number of aromatic nitrogens is 2. The Bertz CT molecular complexity index is 1570. The predicted molar refractivity (Wildman–Crippen MR) is 132 cm³/mol. The summed E-state index contributed by atoms with van der Waals surface area (Å²) in [5.41, 5.74) is 2.34. The molecule has 0 amide bonds. The van der Waals surface area contributed by atoms with Crippen LogP contribution in [0, 0.1) is 24.6 Å². The number of halogens is 1. The quantitative estimate of drug-likeness (QED) is 0.412. The zero-order valence-electron chi connectivity index (χ0n) is 20.8. The van der Waals surface area contributed by atoms with E-state index >= 15 is 0 Å². The van der Waals surface area contributed by atoms with Gasteiger partial charge in [0, 0.05) is 42.2 Å². The summed E-state index contributed by atoms with van der Waals surface area (Å²) in [7, 11) is 0. The molecule has 8 rings (SSSR count). The van der Waals surface area contributed by atoms with Crippen molar-refractivity contribution in [1.82, 2.24) is 14.5 Å². The summed E-state index contributed by atoms with van der Waals surface area (Å²) in [6, 6.07) is 4.95. The number of carbonyl (C=O) groups is 1. The van der Waals surface area contributed by atoms with Gasteiger partial charge in [0.15, 0.2) is 5.60 Å². The molecule has 0 spiro atoms. The maximum Gasteiger partial charge on any atom is 0.343 e. The van der Waals surface area contributed by atoms with Crippen LogP contribution in [0.2, 0.25) is 0 Å². The minimum absolute atomic E-state index is 0.0681. The van der Waals surface area contributed by atoms with Crippen LogP contribution in [-0.4, -0.2) is 49.8 Å². The van der Waals surface area contributed by atoms with Gasteiger partial charge in [-0.1, -0.05) is 6.92 Å². The first-order valence-electron chi connectivity index (χ1n) is 12.9. The number of fused-ring (bicyclic) bond motifs is 7. The van der Waals surface area contributed by atoms with Gasteiger partial charge in [-0.05, 0) is 54.9 Å². The van der Waals surface area contributed by atoms with Crippen molar-refractivity contribution in [1.29, 1.82) is 0 Å². The number of nitrogens with zero attached hydrogens (tertiary/aromatic N) is 3. The van der Waals surface area contributed by atoms with Gasteiger partial charge in [-0.3, -0.25) is 9.69 Å². The number of pyridine rings is 2. The van der Waals surface area contributed by atoms with E-state index in [9.17, 15) is 24.2 Å². The highest BCUT2D eigenvalue weighted by Crippen LogP contribution is 2.43. The fraction of sp³-hybridized carbons (Fsp3) is 0.464. The van der Waals surface area contributed by atoms with E-state index in [0.29, 0.717) is 35.6 Å². The normalized spacial score (nSPS) is 27.9. The summed E-state index contributed by atoms with van der Waals surface area (Å²) < 4.78 is 21.4. The molecule has 2 N–H and O–H groups in total. The number of piperidine rings is 2. The SMILES string of the molecule is CC[C@@]1(O)C(=O)OCc2c1cc1n(c2=O)Cc2c-1nc1cc(F)c(C)cc1c2CN1CC2CC(C1)C2O. The number of hydrogen-bond donors (Lipinski definition) is 2. The molecule has 0 radical (unpaired) electrons. The molecule has 4 aliphatic heterocycles. The lowest BCUT2D eigenvalue weighted by molar-refractivity contribution is -0.172. The van der Waals surface area contributed by atoms with Gasteiger partial charge in [0.2, 0.25) is 0 Å². The highest BCUT2D eigenvalue weighted by Gasteiger charge is 2.47. The van der Waals surface area contributed by atoms with Crippen LogP contribution >= 0.6 is 0 Å². The Morgan fingerprint density at radius 3 is 2.65 bits per heavy atom. The van der Waals surface area contributed by atoms with E-state index in [1.807, 2.05) is 6.07 Å². The van der Waals surface area contributed by atoms with E-state index in [0.717, 1.165) is 36.0 Å². The molecule has 37 heavy (non-hydrogen) atoms. The number of aryl methyl sites for hydroxylation is 1. The second-order valence-electron chi connectivity index (χ2n) is 11.1. The van der Waals surface area contributed by atoms with E-state index in [4.69, 9.17) is 9.72 Å². The Morgan fingerprint density at radius 2 is 1.95 bits per heavy atom. The summed E-state index contributed by atoms with van der Waals surface area (Å²) in [5.74, 6) is -0.567. The maximum absolute atomic E-state index is 14.6. The molecule has 3 fully saturated rings. The Morgan fingerprint density at radius 1 is 1.19 bits per heavy atom. The zero-order valence-corrected chi connectivity index (χ0v) is 20.8. The molecule has 3 atom stereocenters. The number of carbonyl (C=O) groups excluding carboxylic acids is 1. The molecule has 5 aliphatic rings. The third-order valence-corrected chi connectivity index (χ3v) is 9.02. The van der Waals surface area contributed by atoms with E-state index in [1.54, 1.807) is 24.5 Å². The molecule has 8 nitrogen and oxygen atoms in total. The van der Waals surface area contributed by atoms with E-state index in [1.165, 1.54) is 6.07 Å². The summed E-state index contributed by atoms with van der Waals surface area (Å²) in [6.45, 7) is 5.71. The number of ether oxygens (including phenoxy) is 1. The molecule has 2 unspecified atom stereocenters. The first kappa shape index (κ1) is 23.0. The van der Waals surface area contributed by atoms with Crippen molar-refractivity contribution in [3.63, 3.8) is 0 Å². The van der Waals surface area contributed by atoms with Crippen molar-refractivity contribution in [2.45, 2.75) is 58.1 Å². The number of hydrogen-bond acceptors (Lipinski definition) is 7. The number of aliphatic hydroxyl groups excluding tert-OH is 1. The fourth-order valence-corrected chi connectivity index (χ4v) is 6.78. The van der Waals surface area contributed by atoms with Crippen molar-refractivity contribution < 1.29 is 24.1 Å². The van der Waals surface area contributed by atoms with Crippen molar-refractivity contribution in [3.8, 4) is 11.4 Å². The monoisotopic (exact) mass is 505 g/mol. The molecule has 3 aromatic rings. The lowest BCUT2D eigenvalue weighted by atomic mass is 9.68. The number of benzene rings is 1. The van der Waals surface area contributed by atoms with Crippen LogP contribution in [0.25, 0.3) is 22.3 Å². The first-order valence-corrected chi connectivity index (χ1v) is 12.9. The molecule has 192 valence electrons. The molecule has 9 heteroatoms. The van der Waals surface area contributed by atoms with Gasteiger partial charge in [0.25, 0.3) is 5.56 Å². The van der Waals surface area contributed by atoms with Gasteiger partial charge in [-0.15, -0.1) is 0 Å². The van der Waals surface area contributed by atoms with Crippen LogP contribution in [0.15, 0.2) is 23.0 Å². The number of aliphatic hydroxyl groups is 2. The molecule has 6 heterocycles. The average Bonchev–Trinajstić information content (AvgIpc) is 3.26. The van der Waals surface area contributed by atoms with Gasteiger partial charge in [0.05, 0.1) is 35.1 Å². The highest BCUT2D eigenvalue weighted by atomic mass is 19.1. The minimum Gasteiger partial charge on any atom is -0.458 e. The van der Waals surface area contributed by atoms with Gasteiger partial charge in [0.1, 0.15) is 12.4 Å². The van der Waals surface area contributed by atoms with Crippen LogP contribution in [-0.2, 0) is 34.8 Å². The average molecular weight is 506 g/mol. The smallest absolute Gasteiger partial charge is 0.343 e. The molecule has 1 saturated carbocycles. The molecule has 1 aromatic carbocycles. The van der Waals surface area contributed by atoms with Gasteiger partial charge >= 0.3 is 5.97 Å². The van der Waals surface area contributed by atoms with Crippen LogP contribution in [0.5, 0.6) is 0 Å². The molecular formula is C28H28FN3O5. The second kappa shape index (κ2) is 7.69. The Labute approximate surface area is 212 Å². The molecular weight excluding hydrogens is 477 g/mol. The van der Waals surface area contributed by atoms with E-state index < -0.39 is 11.6 Å². The van der Waals surface area contributed by atoms with E-state index in [-0.39, 0.29) is 53.5 Å². The minimum atomic E-state index is -1.90. The van der Waals surface area contributed by atoms with Crippen molar-refractivity contribution in [3.05, 3.63) is 62.2 Å². The Balaban J connectivity index is 1.42. The lowest BCUT2D eigenvalue weighted by Crippen LogP contribution is -2.57. The molecule has 2 bridgehead atoms. The third-order valence-electron chi connectivity index (χ3n) is 9.02. The van der Waals surface area contributed by atoms with Gasteiger partial charge in [-0.25, -0.2) is 14.2 Å². The lowest BCUT2D eigenvalue weighted by Gasteiger charge is -2.51. The zero-order chi connectivity index (χ0) is 25.8. The second-order valence-corrected chi connectivity index (χ2v) is 11.1. The Kier molecular flexibility index (Phi) is 4.78. The van der Waals surface area contributed by atoms with Crippen LogP contribution in [0.1, 0.15) is 47.6 Å². The topological polar surface area (TPSA) is 105 Å². The first-order chi connectivity index (χ1) is 17.7. The van der Waals surface area contributed by atoms with Crippen molar-refractivity contribution in [2.24, 2.45) is 11.8 Å². The number of rotatable bonds is 3. The van der Waals surface area contributed by atoms with Crippen LogP contribution in [0.3, 0.4) is 0 Å². The fourth-order valence-electron chi connectivity index (χ4n) is 6.78.